The molecular weight excluding hydrogens is 362 g/mol. The van der Waals surface area contributed by atoms with Crippen LogP contribution in [0.1, 0.15) is 44.2 Å². The van der Waals surface area contributed by atoms with Gasteiger partial charge in [0.15, 0.2) is 0 Å². The zero-order valence-electron chi connectivity index (χ0n) is 17.4. The fourth-order valence-corrected chi connectivity index (χ4v) is 4.14. The highest BCUT2D eigenvalue weighted by Crippen LogP contribution is 2.31. The van der Waals surface area contributed by atoms with E-state index in [1.165, 1.54) is 5.56 Å². The maximum absolute atomic E-state index is 12.7. The van der Waals surface area contributed by atoms with Gasteiger partial charge in [0.05, 0.1) is 5.52 Å². The summed E-state index contributed by atoms with van der Waals surface area (Å²) in [6.45, 7) is 8.50. The first-order valence-corrected chi connectivity index (χ1v) is 10.2. The summed E-state index contributed by atoms with van der Waals surface area (Å²) >= 11 is 0. The normalized spacial score (nSPS) is 17.7. The summed E-state index contributed by atoms with van der Waals surface area (Å²) in [7, 11) is 0. The number of hydrogen-bond donors (Lipinski definition) is 1. The van der Waals surface area contributed by atoms with Crippen LogP contribution in [0.3, 0.4) is 0 Å². The number of rotatable bonds is 3. The molecule has 1 saturated heterocycles. The van der Waals surface area contributed by atoms with E-state index < -0.39 is 5.60 Å². The lowest BCUT2D eigenvalue weighted by Crippen LogP contribution is -2.26. The van der Waals surface area contributed by atoms with Gasteiger partial charge < -0.3 is 10.5 Å². The molecule has 29 heavy (non-hydrogen) atoms. The zero-order valence-corrected chi connectivity index (χ0v) is 17.4. The van der Waals surface area contributed by atoms with Crippen LogP contribution in [0.5, 0.6) is 0 Å². The summed E-state index contributed by atoms with van der Waals surface area (Å²) in [4.78, 5) is 15.2. The average molecular weight is 392 g/mol. The molecule has 4 rings (SSSR count). The standard InChI is InChI=1S/C24H29N3O2/c1-24(2,3)29-23(28)27-16-19(21-9-4-5-10-22(21)27)15-26-12-11-18(14-26)17-7-6-8-20(25)13-17/h4-10,13,16,18H,11-12,14-15,25H2,1-3H3. The number of ether oxygens (including phenoxy) is 1. The van der Waals surface area contributed by atoms with Crippen LogP contribution in [0.2, 0.25) is 0 Å². The summed E-state index contributed by atoms with van der Waals surface area (Å²) in [5, 5.41) is 1.10. The SMILES string of the molecule is CC(C)(C)OC(=O)n1cc(CN2CCC(c3cccc(N)c3)C2)c2ccccc21. The number of carbonyl (C=O) groups excluding carboxylic acids is 1. The Morgan fingerprint density at radius 2 is 1.97 bits per heavy atom. The predicted octanol–water partition coefficient (Wildman–Crippen LogP) is 5.00. The van der Waals surface area contributed by atoms with Crippen LogP contribution in [0.4, 0.5) is 10.5 Å². The fraction of sp³-hybridized carbons (Fsp3) is 0.375. The third-order valence-electron chi connectivity index (χ3n) is 5.43. The van der Waals surface area contributed by atoms with E-state index in [-0.39, 0.29) is 6.09 Å². The molecule has 5 nitrogen and oxygen atoms in total. The number of carbonyl (C=O) groups is 1. The van der Waals surface area contributed by atoms with E-state index in [2.05, 4.69) is 23.1 Å². The van der Waals surface area contributed by atoms with Crippen molar-refractivity contribution < 1.29 is 9.53 Å². The lowest BCUT2D eigenvalue weighted by Gasteiger charge is -2.19. The van der Waals surface area contributed by atoms with Gasteiger partial charge in [0.2, 0.25) is 0 Å². The molecular formula is C24H29N3O2. The number of fused-ring (bicyclic) bond motifs is 1. The lowest BCUT2D eigenvalue weighted by molar-refractivity contribution is 0.0544. The number of hydrogen-bond acceptors (Lipinski definition) is 4. The molecule has 0 spiro atoms. The van der Waals surface area contributed by atoms with E-state index in [1.54, 1.807) is 4.57 Å². The summed E-state index contributed by atoms with van der Waals surface area (Å²) in [6, 6.07) is 16.2. The van der Waals surface area contributed by atoms with Gasteiger partial charge in [0.25, 0.3) is 0 Å². The molecule has 2 heterocycles. The van der Waals surface area contributed by atoms with Crippen LogP contribution in [-0.2, 0) is 11.3 Å². The molecule has 152 valence electrons. The second-order valence-corrected chi connectivity index (χ2v) is 8.91. The van der Waals surface area contributed by atoms with E-state index in [4.69, 9.17) is 10.5 Å². The molecule has 0 aliphatic carbocycles. The fourth-order valence-electron chi connectivity index (χ4n) is 4.14. The van der Waals surface area contributed by atoms with E-state index in [0.29, 0.717) is 5.92 Å². The van der Waals surface area contributed by atoms with Gasteiger partial charge in [-0.05, 0) is 69.0 Å². The van der Waals surface area contributed by atoms with E-state index in [0.717, 1.165) is 48.2 Å². The van der Waals surface area contributed by atoms with Gasteiger partial charge in [0.1, 0.15) is 5.60 Å². The molecule has 1 unspecified atom stereocenters. The van der Waals surface area contributed by atoms with Gasteiger partial charge in [-0.15, -0.1) is 0 Å². The summed E-state index contributed by atoms with van der Waals surface area (Å²) in [5.74, 6) is 0.498. The Balaban J connectivity index is 1.55. The maximum atomic E-state index is 12.7. The second kappa shape index (κ2) is 7.56. The quantitative estimate of drug-likeness (QED) is 0.639. The van der Waals surface area contributed by atoms with E-state index >= 15 is 0 Å². The highest BCUT2D eigenvalue weighted by molar-refractivity contribution is 5.92. The van der Waals surface area contributed by atoms with Crippen molar-refractivity contribution in [3.05, 3.63) is 65.9 Å². The summed E-state index contributed by atoms with van der Waals surface area (Å²) in [6.07, 6.45) is 2.72. The maximum Gasteiger partial charge on any atom is 0.419 e. The largest absolute Gasteiger partial charge is 0.443 e. The first-order chi connectivity index (χ1) is 13.8. The molecule has 1 aliphatic heterocycles. The van der Waals surface area contributed by atoms with Crippen molar-refractivity contribution in [2.24, 2.45) is 0 Å². The molecule has 1 aromatic heterocycles. The molecule has 0 radical (unpaired) electrons. The van der Waals surface area contributed by atoms with Crippen molar-refractivity contribution in [1.29, 1.82) is 0 Å². The van der Waals surface area contributed by atoms with Crippen LogP contribution in [-0.4, -0.2) is 34.3 Å². The first kappa shape index (κ1) is 19.5. The van der Waals surface area contributed by atoms with Crippen molar-refractivity contribution in [3.8, 4) is 0 Å². The van der Waals surface area contributed by atoms with Crippen LogP contribution in [0.25, 0.3) is 10.9 Å². The molecule has 2 N–H and O–H groups in total. The highest BCUT2D eigenvalue weighted by atomic mass is 16.6. The summed E-state index contributed by atoms with van der Waals surface area (Å²) in [5.41, 5.74) is 9.61. The molecule has 0 bridgehead atoms. The predicted molar refractivity (Wildman–Crippen MR) is 117 cm³/mol. The molecule has 1 aliphatic rings. The van der Waals surface area contributed by atoms with Gasteiger partial charge in [-0.2, -0.15) is 0 Å². The lowest BCUT2D eigenvalue weighted by atomic mass is 9.98. The van der Waals surface area contributed by atoms with Crippen molar-refractivity contribution in [2.45, 2.75) is 45.3 Å². The molecule has 2 aromatic carbocycles. The van der Waals surface area contributed by atoms with E-state index in [9.17, 15) is 4.79 Å². The number of benzene rings is 2. The Morgan fingerprint density at radius 3 is 2.72 bits per heavy atom. The Morgan fingerprint density at radius 1 is 1.17 bits per heavy atom. The number of aromatic nitrogens is 1. The van der Waals surface area contributed by atoms with Gasteiger partial charge >= 0.3 is 6.09 Å². The van der Waals surface area contributed by atoms with Crippen LogP contribution < -0.4 is 5.73 Å². The van der Waals surface area contributed by atoms with Crippen molar-refractivity contribution >= 4 is 22.7 Å². The molecule has 3 aromatic rings. The topological polar surface area (TPSA) is 60.5 Å². The molecule has 1 fully saturated rings. The molecule has 0 saturated carbocycles. The minimum atomic E-state index is -0.525. The number of para-hydroxylation sites is 1. The van der Waals surface area contributed by atoms with Crippen LogP contribution in [0, 0.1) is 0 Å². The third kappa shape index (κ3) is 4.30. The third-order valence-corrected chi connectivity index (χ3v) is 5.43. The van der Waals surface area contributed by atoms with Crippen molar-refractivity contribution in [1.82, 2.24) is 9.47 Å². The zero-order chi connectivity index (χ0) is 20.6. The van der Waals surface area contributed by atoms with Crippen molar-refractivity contribution in [3.63, 3.8) is 0 Å². The van der Waals surface area contributed by atoms with Gasteiger partial charge in [-0.3, -0.25) is 9.47 Å². The molecule has 0 amide bonds. The summed E-state index contributed by atoms with van der Waals surface area (Å²) < 4.78 is 7.24. The van der Waals surface area contributed by atoms with E-state index in [1.807, 2.05) is 57.3 Å². The first-order valence-electron chi connectivity index (χ1n) is 10.2. The Hall–Kier alpha value is -2.79. The van der Waals surface area contributed by atoms with Gasteiger partial charge in [0, 0.05) is 30.4 Å². The average Bonchev–Trinajstić information content (AvgIpc) is 3.26. The number of likely N-dealkylation sites (tertiary alicyclic amines) is 1. The van der Waals surface area contributed by atoms with Crippen LogP contribution in [0.15, 0.2) is 54.7 Å². The number of anilines is 1. The number of nitrogens with zero attached hydrogens (tertiary/aromatic N) is 2. The van der Waals surface area contributed by atoms with Crippen LogP contribution >= 0.6 is 0 Å². The molecule has 1 atom stereocenters. The Bertz CT molecular complexity index is 1030. The Kier molecular flexibility index (Phi) is 5.09. The smallest absolute Gasteiger partial charge is 0.419 e. The minimum absolute atomic E-state index is 0.334. The van der Waals surface area contributed by atoms with Gasteiger partial charge in [-0.1, -0.05) is 30.3 Å². The Labute approximate surface area is 172 Å². The number of nitrogens with two attached hydrogens (primary N) is 1. The molecule has 5 heteroatoms. The van der Waals surface area contributed by atoms with Crippen molar-refractivity contribution in [2.75, 3.05) is 18.8 Å². The monoisotopic (exact) mass is 391 g/mol. The highest BCUT2D eigenvalue weighted by Gasteiger charge is 2.26. The van der Waals surface area contributed by atoms with Gasteiger partial charge in [-0.25, -0.2) is 4.79 Å². The second-order valence-electron chi connectivity index (χ2n) is 8.91. The number of nitrogen functional groups attached to an aromatic ring is 1. The minimum Gasteiger partial charge on any atom is -0.443 e.